The van der Waals surface area contributed by atoms with Crippen molar-refractivity contribution in [2.75, 3.05) is 6.54 Å². The normalized spacial score (nSPS) is 11.4. The summed E-state index contributed by atoms with van der Waals surface area (Å²) >= 11 is 0. The van der Waals surface area contributed by atoms with Gasteiger partial charge in [-0.15, -0.1) is 0 Å². The van der Waals surface area contributed by atoms with E-state index in [-0.39, 0.29) is 5.91 Å². The van der Waals surface area contributed by atoms with E-state index in [1.54, 1.807) is 0 Å². The van der Waals surface area contributed by atoms with Crippen molar-refractivity contribution < 1.29 is 13.6 Å². The molecule has 0 atom stereocenters. The van der Waals surface area contributed by atoms with Crippen molar-refractivity contribution in [2.45, 2.75) is 38.6 Å². The molecule has 0 saturated heterocycles. The van der Waals surface area contributed by atoms with Gasteiger partial charge in [0.15, 0.2) is 0 Å². The van der Waals surface area contributed by atoms with Crippen LogP contribution in [0.1, 0.15) is 32.3 Å². The van der Waals surface area contributed by atoms with Crippen molar-refractivity contribution in [3.05, 3.63) is 35.4 Å². The number of nitrogens with two attached hydrogens (primary N) is 1. The van der Waals surface area contributed by atoms with E-state index >= 15 is 0 Å². The van der Waals surface area contributed by atoms with E-state index < -0.39 is 17.2 Å². The van der Waals surface area contributed by atoms with Crippen LogP contribution in [-0.2, 0) is 11.2 Å². The van der Waals surface area contributed by atoms with E-state index in [1.807, 2.05) is 13.8 Å². The highest BCUT2D eigenvalue weighted by Gasteiger charge is 2.29. The van der Waals surface area contributed by atoms with Crippen LogP contribution in [0.3, 0.4) is 0 Å². The lowest BCUT2D eigenvalue weighted by molar-refractivity contribution is -0.126. The highest BCUT2D eigenvalue weighted by Crippen LogP contribution is 2.11. The van der Waals surface area contributed by atoms with Gasteiger partial charge >= 0.3 is 0 Å². The molecule has 0 heterocycles. The standard InChI is InChI=1S/C14H20F2N2O/c1-3-14(17,4-2)13(19)18-6-5-10-7-11(15)9-12(16)8-10/h7-9H,3-6,17H2,1-2H3,(H,18,19). The Kier molecular flexibility index (Phi) is 5.42. The number of rotatable bonds is 6. The van der Waals surface area contributed by atoms with Gasteiger partial charge in [-0.2, -0.15) is 0 Å². The van der Waals surface area contributed by atoms with E-state index in [4.69, 9.17) is 5.73 Å². The van der Waals surface area contributed by atoms with Gasteiger partial charge in [-0.25, -0.2) is 8.78 Å². The molecule has 0 saturated carbocycles. The fourth-order valence-electron chi connectivity index (χ4n) is 1.82. The summed E-state index contributed by atoms with van der Waals surface area (Å²) in [4.78, 5) is 11.9. The molecule has 0 bridgehead atoms. The Balaban J connectivity index is 2.52. The molecule has 5 heteroatoms. The Bertz CT molecular complexity index is 425. The molecule has 0 aromatic heterocycles. The highest BCUT2D eigenvalue weighted by molar-refractivity contribution is 5.85. The Labute approximate surface area is 112 Å². The molecule has 0 radical (unpaired) electrons. The molecule has 0 spiro atoms. The second-order valence-electron chi connectivity index (χ2n) is 4.65. The first-order valence-electron chi connectivity index (χ1n) is 6.43. The summed E-state index contributed by atoms with van der Waals surface area (Å²) < 4.78 is 25.9. The number of hydrogen-bond acceptors (Lipinski definition) is 2. The minimum atomic E-state index is -0.868. The number of carbonyl (C=O) groups excluding carboxylic acids is 1. The Morgan fingerprint density at radius 1 is 1.21 bits per heavy atom. The minimum absolute atomic E-state index is 0.227. The summed E-state index contributed by atoms with van der Waals surface area (Å²) in [6, 6.07) is 3.33. The fourth-order valence-corrected chi connectivity index (χ4v) is 1.82. The molecule has 1 amide bonds. The van der Waals surface area contributed by atoms with Crippen molar-refractivity contribution >= 4 is 5.91 Å². The summed E-state index contributed by atoms with van der Waals surface area (Å²) in [5, 5.41) is 2.70. The molecule has 1 aromatic carbocycles. The second kappa shape index (κ2) is 6.61. The average molecular weight is 270 g/mol. The number of hydrogen-bond donors (Lipinski definition) is 2. The van der Waals surface area contributed by atoms with Gasteiger partial charge in [0.2, 0.25) is 5.91 Å². The summed E-state index contributed by atoms with van der Waals surface area (Å²) in [5.74, 6) is -1.46. The minimum Gasteiger partial charge on any atom is -0.354 e. The van der Waals surface area contributed by atoms with Gasteiger partial charge in [-0.3, -0.25) is 4.79 Å². The van der Waals surface area contributed by atoms with E-state index in [2.05, 4.69) is 5.32 Å². The zero-order valence-corrected chi connectivity index (χ0v) is 11.3. The Morgan fingerprint density at radius 3 is 2.21 bits per heavy atom. The van der Waals surface area contributed by atoms with Gasteiger partial charge < -0.3 is 11.1 Å². The lowest BCUT2D eigenvalue weighted by Gasteiger charge is -2.25. The SMILES string of the molecule is CCC(N)(CC)C(=O)NCCc1cc(F)cc(F)c1. The van der Waals surface area contributed by atoms with Crippen LogP contribution >= 0.6 is 0 Å². The zero-order valence-electron chi connectivity index (χ0n) is 11.3. The summed E-state index contributed by atoms with van der Waals surface area (Å²) in [7, 11) is 0. The maximum Gasteiger partial charge on any atom is 0.240 e. The number of nitrogens with one attached hydrogen (secondary N) is 1. The third-order valence-electron chi connectivity index (χ3n) is 3.34. The fraction of sp³-hybridized carbons (Fsp3) is 0.500. The van der Waals surface area contributed by atoms with Crippen molar-refractivity contribution in [1.82, 2.24) is 5.32 Å². The quantitative estimate of drug-likeness (QED) is 0.832. The molecule has 0 unspecified atom stereocenters. The molecular weight excluding hydrogens is 250 g/mol. The lowest BCUT2D eigenvalue weighted by Crippen LogP contribution is -2.53. The van der Waals surface area contributed by atoms with Crippen LogP contribution in [0.4, 0.5) is 8.78 Å². The molecule has 106 valence electrons. The molecule has 0 aliphatic carbocycles. The van der Waals surface area contributed by atoms with Gasteiger partial charge in [-0.1, -0.05) is 13.8 Å². The van der Waals surface area contributed by atoms with Crippen LogP contribution in [0.5, 0.6) is 0 Å². The van der Waals surface area contributed by atoms with Crippen molar-refractivity contribution in [3.63, 3.8) is 0 Å². The van der Waals surface area contributed by atoms with Crippen LogP contribution < -0.4 is 11.1 Å². The molecule has 0 aliphatic heterocycles. The Morgan fingerprint density at radius 2 is 1.74 bits per heavy atom. The number of halogens is 2. The molecular formula is C14H20F2N2O. The molecule has 0 fully saturated rings. The lowest BCUT2D eigenvalue weighted by atomic mass is 9.93. The first-order valence-corrected chi connectivity index (χ1v) is 6.43. The number of benzene rings is 1. The monoisotopic (exact) mass is 270 g/mol. The first kappa shape index (κ1) is 15.6. The van der Waals surface area contributed by atoms with Crippen molar-refractivity contribution in [3.8, 4) is 0 Å². The van der Waals surface area contributed by atoms with Gasteiger partial charge in [-0.05, 0) is 37.0 Å². The third-order valence-corrected chi connectivity index (χ3v) is 3.34. The van der Waals surface area contributed by atoms with E-state index in [9.17, 15) is 13.6 Å². The highest BCUT2D eigenvalue weighted by atomic mass is 19.1. The predicted molar refractivity (Wildman–Crippen MR) is 70.6 cm³/mol. The topological polar surface area (TPSA) is 55.1 Å². The maximum absolute atomic E-state index is 13.0. The van der Waals surface area contributed by atoms with Crippen LogP contribution in [0, 0.1) is 11.6 Å². The number of carbonyl (C=O) groups is 1. The van der Waals surface area contributed by atoms with Gasteiger partial charge in [0, 0.05) is 12.6 Å². The molecule has 0 aliphatic rings. The summed E-state index contributed by atoms with van der Waals surface area (Å²) in [5.41, 5.74) is 5.58. The molecule has 1 aromatic rings. The smallest absolute Gasteiger partial charge is 0.240 e. The summed E-state index contributed by atoms with van der Waals surface area (Å²) in [6.45, 7) is 4.01. The van der Waals surface area contributed by atoms with Gasteiger partial charge in [0.05, 0.1) is 5.54 Å². The molecule has 3 nitrogen and oxygen atoms in total. The third kappa shape index (κ3) is 4.28. The first-order chi connectivity index (χ1) is 8.91. The van der Waals surface area contributed by atoms with Crippen LogP contribution in [0.2, 0.25) is 0 Å². The molecule has 1 rings (SSSR count). The Hall–Kier alpha value is -1.49. The van der Waals surface area contributed by atoms with Crippen molar-refractivity contribution in [1.29, 1.82) is 0 Å². The van der Waals surface area contributed by atoms with Gasteiger partial charge in [0.1, 0.15) is 11.6 Å². The van der Waals surface area contributed by atoms with Crippen molar-refractivity contribution in [2.24, 2.45) is 5.73 Å². The van der Waals surface area contributed by atoms with E-state index in [0.717, 1.165) is 6.07 Å². The second-order valence-corrected chi connectivity index (χ2v) is 4.65. The number of amides is 1. The largest absolute Gasteiger partial charge is 0.354 e. The van der Waals surface area contributed by atoms with E-state index in [1.165, 1.54) is 12.1 Å². The van der Waals surface area contributed by atoms with E-state index in [0.29, 0.717) is 31.4 Å². The molecule has 19 heavy (non-hydrogen) atoms. The summed E-state index contributed by atoms with van der Waals surface area (Å²) in [6.07, 6.45) is 1.46. The average Bonchev–Trinajstić information content (AvgIpc) is 2.36. The van der Waals surface area contributed by atoms with Crippen LogP contribution in [0.25, 0.3) is 0 Å². The zero-order chi connectivity index (χ0) is 14.5. The predicted octanol–water partition coefficient (Wildman–Crippen LogP) is 2.14. The maximum atomic E-state index is 13.0. The van der Waals surface area contributed by atoms with Gasteiger partial charge in [0.25, 0.3) is 0 Å². The van der Waals surface area contributed by atoms with Crippen LogP contribution in [-0.4, -0.2) is 18.0 Å². The molecule has 3 N–H and O–H groups in total. The van der Waals surface area contributed by atoms with Crippen LogP contribution in [0.15, 0.2) is 18.2 Å².